The van der Waals surface area contributed by atoms with Gasteiger partial charge in [0.15, 0.2) is 5.82 Å². The zero-order chi connectivity index (χ0) is 18.8. The smallest absolute Gasteiger partial charge is 0.319 e. The third-order valence-corrected chi connectivity index (χ3v) is 5.04. The van der Waals surface area contributed by atoms with Crippen LogP contribution in [-0.2, 0) is 6.54 Å². The molecular formula is C18H13Cl2N5OS. The van der Waals surface area contributed by atoms with Gasteiger partial charge in [-0.3, -0.25) is 0 Å². The number of fused-ring (bicyclic) bond motifs is 1. The molecule has 4 aromatic rings. The van der Waals surface area contributed by atoms with Gasteiger partial charge in [0, 0.05) is 27.7 Å². The number of H-pyrrole nitrogens is 1. The fourth-order valence-corrected chi connectivity index (χ4v) is 3.57. The molecule has 9 heteroatoms. The number of carbonyl (C=O) groups is 1. The number of nitrogens with one attached hydrogen (secondary N) is 3. The molecule has 4 rings (SSSR count). The van der Waals surface area contributed by atoms with Crippen molar-refractivity contribution in [2.45, 2.75) is 6.54 Å². The SMILES string of the molecule is O=C(NCc1ccc(Cl)cc1Cl)Nc1ccc2nc(-c3cscn3)[nH]c2c1. The summed E-state index contributed by atoms with van der Waals surface area (Å²) in [4.78, 5) is 24.1. The molecule has 0 radical (unpaired) electrons. The van der Waals surface area contributed by atoms with E-state index in [2.05, 4.69) is 25.6 Å². The Hall–Kier alpha value is -2.61. The molecule has 0 aliphatic carbocycles. The summed E-state index contributed by atoms with van der Waals surface area (Å²) in [6.07, 6.45) is 0. The number of imidazole rings is 1. The highest BCUT2D eigenvalue weighted by Gasteiger charge is 2.09. The summed E-state index contributed by atoms with van der Waals surface area (Å²) >= 11 is 13.5. The van der Waals surface area contributed by atoms with Crippen LogP contribution in [0.15, 0.2) is 47.3 Å². The summed E-state index contributed by atoms with van der Waals surface area (Å²) in [5, 5.41) is 8.56. The van der Waals surface area contributed by atoms with Gasteiger partial charge in [0.1, 0.15) is 5.69 Å². The van der Waals surface area contributed by atoms with Gasteiger partial charge in [0.05, 0.1) is 16.5 Å². The molecule has 0 fully saturated rings. The molecule has 0 aliphatic rings. The minimum Gasteiger partial charge on any atom is -0.337 e. The molecule has 0 bridgehead atoms. The van der Waals surface area contributed by atoms with Crippen LogP contribution in [0.1, 0.15) is 5.56 Å². The van der Waals surface area contributed by atoms with Gasteiger partial charge in [-0.1, -0.05) is 29.3 Å². The van der Waals surface area contributed by atoms with E-state index in [9.17, 15) is 4.79 Å². The van der Waals surface area contributed by atoms with Crippen LogP contribution in [0.4, 0.5) is 10.5 Å². The molecule has 136 valence electrons. The van der Waals surface area contributed by atoms with E-state index in [-0.39, 0.29) is 6.03 Å². The Kier molecular flexibility index (Phi) is 4.98. The lowest BCUT2D eigenvalue weighted by Crippen LogP contribution is -2.28. The Morgan fingerprint density at radius 1 is 1.19 bits per heavy atom. The van der Waals surface area contributed by atoms with Crippen molar-refractivity contribution in [3.63, 3.8) is 0 Å². The number of thiazole rings is 1. The molecule has 0 saturated carbocycles. The van der Waals surface area contributed by atoms with Crippen molar-refractivity contribution in [3.05, 3.63) is 62.9 Å². The lowest BCUT2D eigenvalue weighted by atomic mass is 10.2. The molecular weight excluding hydrogens is 405 g/mol. The minimum absolute atomic E-state index is 0.294. The van der Waals surface area contributed by atoms with Gasteiger partial charge in [-0.05, 0) is 35.9 Å². The van der Waals surface area contributed by atoms with Crippen molar-refractivity contribution in [1.82, 2.24) is 20.3 Å². The number of aromatic amines is 1. The fourth-order valence-electron chi connectivity index (χ4n) is 2.55. The molecule has 0 aliphatic heterocycles. The van der Waals surface area contributed by atoms with E-state index in [4.69, 9.17) is 23.2 Å². The van der Waals surface area contributed by atoms with Crippen molar-refractivity contribution in [2.24, 2.45) is 0 Å². The normalized spacial score (nSPS) is 10.9. The van der Waals surface area contributed by atoms with Crippen LogP contribution >= 0.6 is 34.5 Å². The number of carbonyl (C=O) groups excluding carboxylic acids is 1. The number of halogens is 2. The fraction of sp³-hybridized carbons (Fsp3) is 0.0556. The van der Waals surface area contributed by atoms with Gasteiger partial charge in [-0.2, -0.15) is 0 Å². The Morgan fingerprint density at radius 2 is 2.07 bits per heavy atom. The average Bonchev–Trinajstić information content (AvgIpc) is 3.30. The Labute approximate surface area is 168 Å². The molecule has 3 N–H and O–H groups in total. The van der Waals surface area contributed by atoms with Crippen molar-refractivity contribution in [2.75, 3.05) is 5.32 Å². The molecule has 27 heavy (non-hydrogen) atoms. The second-order valence-corrected chi connectivity index (χ2v) is 7.30. The number of hydrogen-bond donors (Lipinski definition) is 3. The van der Waals surface area contributed by atoms with E-state index in [0.29, 0.717) is 28.1 Å². The van der Waals surface area contributed by atoms with E-state index < -0.39 is 0 Å². The van der Waals surface area contributed by atoms with Gasteiger partial charge in [-0.25, -0.2) is 14.8 Å². The van der Waals surface area contributed by atoms with Crippen LogP contribution in [-0.4, -0.2) is 21.0 Å². The Bertz CT molecular complexity index is 1110. The summed E-state index contributed by atoms with van der Waals surface area (Å²) in [6, 6.07) is 10.3. The van der Waals surface area contributed by atoms with E-state index in [0.717, 1.165) is 22.3 Å². The maximum atomic E-state index is 12.2. The molecule has 0 spiro atoms. The monoisotopic (exact) mass is 417 g/mol. The number of urea groups is 1. The number of rotatable bonds is 4. The van der Waals surface area contributed by atoms with Gasteiger partial charge in [0.25, 0.3) is 0 Å². The molecule has 2 aromatic heterocycles. The second kappa shape index (κ2) is 7.56. The number of aromatic nitrogens is 3. The predicted octanol–water partition coefficient (Wildman–Crippen LogP) is 5.31. The minimum atomic E-state index is -0.334. The first-order chi connectivity index (χ1) is 13.1. The van der Waals surface area contributed by atoms with Crippen LogP contribution in [0.5, 0.6) is 0 Å². The standard InChI is InChI=1S/C18H13Cl2N5OS/c19-11-2-1-10(13(20)5-11)7-21-18(26)23-12-3-4-14-15(6-12)25-17(24-14)16-8-27-9-22-16/h1-6,8-9H,7H2,(H,24,25)(H2,21,23,26). The highest BCUT2D eigenvalue weighted by molar-refractivity contribution is 7.07. The third-order valence-electron chi connectivity index (χ3n) is 3.87. The van der Waals surface area contributed by atoms with E-state index >= 15 is 0 Å². The number of nitrogens with zero attached hydrogens (tertiary/aromatic N) is 2. The van der Waals surface area contributed by atoms with Gasteiger partial charge >= 0.3 is 6.03 Å². The largest absolute Gasteiger partial charge is 0.337 e. The van der Waals surface area contributed by atoms with Crippen molar-refractivity contribution in [3.8, 4) is 11.5 Å². The lowest BCUT2D eigenvalue weighted by Gasteiger charge is -2.09. The predicted molar refractivity (Wildman–Crippen MR) is 110 cm³/mol. The molecule has 0 atom stereocenters. The van der Waals surface area contributed by atoms with Crippen LogP contribution in [0.2, 0.25) is 10.0 Å². The summed E-state index contributed by atoms with van der Waals surface area (Å²) in [5.74, 6) is 0.699. The summed E-state index contributed by atoms with van der Waals surface area (Å²) in [6.45, 7) is 0.294. The second-order valence-electron chi connectivity index (χ2n) is 5.73. The summed E-state index contributed by atoms with van der Waals surface area (Å²) in [7, 11) is 0. The van der Waals surface area contributed by atoms with Crippen LogP contribution < -0.4 is 10.6 Å². The summed E-state index contributed by atoms with van der Waals surface area (Å²) in [5.41, 5.74) is 5.60. The van der Waals surface area contributed by atoms with Crippen LogP contribution in [0, 0.1) is 0 Å². The molecule has 6 nitrogen and oxygen atoms in total. The Morgan fingerprint density at radius 3 is 2.85 bits per heavy atom. The highest BCUT2D eigenvalue weighted by atomic mass is 35.5. The Balaban J connectivity index is 1.44. The van der Waals surface area contributed by atoms with Crippen molar-refractivity contribution < 1.29 is 4.79 Å². The first kappa shape index (κ1) is 17.8. The number of benzene rings is 2. The van der Waals surface area contributed by atoms with Gasteiger partial charge in [-0.15, -0.1) is 11.3 Å². The quantitative estimate of drug-likeness (QED) is 0.420. The first-order valence-corrected chi connectivity index (χ1v) is 9.65. The van der Waals surface area contributed by atoms with Crippen molar-refractivity contribution in [1.29, 1.82) is 0 Å². The van der Waals surface area contributed by atoms with Crippen LogP contribution in [0.25, 0.3) is 22.6 Å². The van der Waals surface area contributed by atoms with Crippen LogP contribution in [0.3, 0.4) is 0 Å². The average molecular weight is 418 g/mol. The zero-order valence-electron chi connectivity index (χ0n) is 13.8. The molecule has 2 heterocycles. The number of hydrogen-bond acceptors (Lipinski definition) is 4. The molecule has 2 aromatic carbocycles. The highest BCUT2D eigenvalue weighted by Crippen LogP contribution is 2.23. The molecule has 0 unspecified atom stereocenters. The zero-order valence-corrected chi connectivity index (χ0v) is 16.1. The van der Waals surface area contributed by atoms with E-state index in [1.54, 1.807) is 29.8 Å². The summed E-state index contributed by atoms with van der Waals surface area (Å²) < 4.78 is 0. The third kappa shape index (κ3) is 4.05. The van der Waals surface area contributed by atoms with E-state index in [1.165, 1.54) is 11.3 Å². The topological polar surface area (TPSA) is 82.7 Å². The first-order valence-electron chi connectivity index (χ1n) is 7.95. The molecule has 2 amide bonds. The van der Waals surface area contributed by atoms with Gasteiger partial charge < -0.3 is 15.6 Å². The number of anilines is 1. The maximum Gasteiger partial charge on any atom is 0.319 e. The van der Waals surface area contributed by atoms with Gasteiger partial charge in [0.2, 0.25) is 0 Å². The van der Waals surface area contributed by atoms with E-state index in [1.807, 2.05) is 17.5 Å². The van der Waals surface area contributed by atoms with Crippen molar-refractivity contribution >= 4 is 57.3 Å². The lowest BCUT2D eigenvalue weighted by molar-refractivity contribution is 0.252. The maximum absolute atomic E-state index is 12.2. The molecule has 0 saturated heterocycles. The number of amides is 2.